The number of allylic oxidation sites excluding steroid dienone is 1. The van der Waals surface area contributed by atoms with E-state index in [1.807, 2.05) is 13.8 Å². The van der Waals surface area contributed by atoms with E-state index in [4.69, 9.17) is 0 Å². The molecule has 1 heteroatoms. The van der Waals surface area contributed by atoms with Gasteiger partial charge in [-0.05, 0) is 41.0 Å². The molecular formula is C11H21N. The van der Waals surface area contributed by atoms with Crippen LogP contribution in [0.15, 0.2) is 16.1 Å². The van der Waals surface area contributed by atoms with Crippen molar-refractivity contribution in [3.05, 3.63) is 11.1 Å². The van der Waals surface area contributed by atoms with Gasteiger partial charge in [0.2, 0.25) is 0 Å². The number of hydrogen-bond donors (Lipinski definition) is 0. The Morgan fingerprint density at radius 1 is 1.17 bits per heavy atom. The Morgan fingerprint density at radius 3 is 2.00 bits per heavy atom. The van der Waals surface area contributed by atoms with Crippen molar-refractivity contribution in [3.8, 4) is 0 Å². The predicted octanol–water partition coefficient (Wildman–Crippen LogP) is 3.60. The summed E-state index contributed by atoms with van der Waals surface area (Å²) in [7, 11) is 0. The minimum Gasteiger partial charge on any atom is -0.287 e. The van der Waals surface area contributed by atoms with Gasteiger partial charge in [-0.15, -0.1) is 0 Å². The normalized spacial score (nSPS) is 15.2. The predicted molar refractivity (Wildman–Crippen MR) is 56.9 cm³/mol. The standard InChI is InChI=1S/C11H21N/c1-7-9(4)10(5)11(6)12-8(2)3/h11H,7H2,1-6H3/b10-9-. The Morgan fingerprint density at radius 2 is 1.67 bits per heavy atom. The zero-order chi connectivity index (χ0) is 9.72. The van der Waals surface area contributed by atoms with Gasteiger partial charge < -0.3 is 0 Å². The smallest absolute Gasteiger partial charge is 0.0679 e. The molecule has 0 radical (unpaired) electrons. The van der Waals surface area contributed by atoms with E-state index >= 15 is 0 Å². The number of nitrogens with zero attached hydrogens (tertiary/aromatic N) is 1. The second-order valence-corrected chi connectivity index (χ2v) is 3.57. The van der Waals surface area contributed by atoms with Crippen molar-refractivity contribution < 1.29 is 0 Å². The molecule has 1 unspecified atom stereocenters. The van der Waals surface area contributed by atoms with Gasteiger partial charge in [-0.25, -0.2) is 0 Å². The molecule has 0 aromatic rings. The van der Waals surface area contributed by atoms with Crippen molar-refractivity contribution in [2.24, 2.45) is 4.99 Å². The van der Waals surface area contributed by atoms with E-state index in [1.165, 1.54) is 11.1 Å². The van der Waals surface area contributed by atoms with E-state index in [1.54, 1.807) is 0 Å². The summed E-state index contributed by atoms with van der Waals surface area (Å²) >= 11 is 0. The molecule has 0 N–H and O–H groups in total. The van der Waals surface area contributed by atoms with Crippen LogP contribution in [-0.2, 0) is 0 Å². The van der Waals surface area contributed by atoms with E-state index in [2.05, 4.69) is 32.7 Å². The van der Waals surface area contributed by atoms with Gasteiger partial charge in [0.25, 0.3) is 0 Å². The summed E-state index contributed by atoms with van der Waals surface area (Å²) in [6.45, 7) is 12.8. The minimum atomic E-state index is 0.356. The lowest BCUT2D eigenvalue weighted by molar-refractivity contribution is 0.831. The molecule has 0 bridgehead atoms. The molecule has 0 heterocycles. The molecule has 0 fully saturated rings. The van der Waals surface area contributed by atoms with Crippen LogP contribution in [0.25, 0.3) is 0 Å². The quantitative estimate of drug-likeness (QED) is 0.450. The Bertz CT molecular complexity index is 195. The molecule has 0 rings (SSSR count). The SMILES string of the molecule is CC/C(C)=C(/C)C(C)N=C(C)C. The first kappa shape index (κ1) is 11.4. The average Bonchev–Trinajstić information content (AvgIpc) is 2.00. The van der Waals surface area contributed by atoms with Crippen LogP contribution in [0.4, 0.5) is 0 Å². The molecule has 70 valence electrons. The van der Waals surface area contributed by atoms with Gasteiger partial charge in [0.1, 0.15) is 0 Å². The Labute approximate surface area is 76.6 Å². The molecular weight excluding hydrogens is 146 g/mol. The van der Waals surface area contributed by atoms with Gasteiger partial charge >= 0.3 is 0 Å². The summed E-state index contributed by atoms with van der Waals surface area (Å²) in [6, 6.07) is 0.356. The lowest BCUT2D eigenvalue weighted by Crippen LogP contribution is -2.04. The highest BCUT2D eigenvalue weighted by Crippen LogP contribution is 2.13. The number of aliphatic imine (C=N–C) groups is 1. The van der Waals surface area contributed by atoms with Crippen molar-refractivity contribution in [1.82, 2.24) is 0 Å². The van der Waals surface area contributed by atoms with Gasteiger partial charge in [-0.3, -0.25) is 4.99 Å². The van der Waals surface area contributed by atoms with Crippen molar-refractivity contribution in [2.45, 2.75) is 54.0 Å². The molecule has 1 atom stereocenters. The molecule has 0 aromatic heterocycles. The molecule has 0 saturated heterocycles. The van der Waals surface area contributed by atoms with Crippen LogP contribution in [-0.4, -0.2) is 11.8 Å². The highest BCUT2D eigenvalue weighted by atomic mass is 14.8. The maximum atomic E-state index is 4.51. The molecule has 0 aliphatic heterocycles. The highest BCUT2D eigenvalue weighted by molar-refractivity contribution is 5.79. The first-order valence-corrected chi connectivity index (χ1v) is 4.66. The van der Waals surface area contributed by atoms with Gasteiger partial charge in [-0.2, -0.15) is 0 Å². The summed E-state index contributed by atoms with van der Waals surface area (Å²) in [5.41, 5.74) is 4.04. The molecule has 0 amide bonds. The molecule has 0 aliphatic rings. The third kappa shape index (κ3) is 3.70. The Balaban J connectivity index is 4.49. The fourth-order valence-corrected chi connectivity index (χ4v) is 1.12. The van der Waals surface area contributed by atoms with Gasteiger partial charge in [-0.1, -0.05) is 18.1 Å². The average molecular weight is 167 g/mol. The third-order valence-corrected chi connectivity index (χ3v) is 2.28. The van der Waals surface area contributed by atoms with Gasteiger partial charge in [0.05, 0.1) is 6.04 Å². The van der Waals surface area contributed by atoms with Crippen molar-refractivity contribution in [2.75, 3.05) is 0 Å². The van der Waals surface area contributed by atoms with Crippen LogP contribution < -0.4 is 0 Å². The minimum absolute atomic E-state index is 0.356. The molecule has 0 saturated carbocycles. The van der Waals surface area contributed by atoms with E-state index in [0.29, 0.717) is 6.04 Å². The van der Waals surface area contributed by atoms with Crippen LogP contribution in [0.2, 0.25) is 0 Å². The number of rotatable bonds is 3. The van der Waals surface area contributed by atoms with E-state index < -0.39 is 0 Å². The van der Waals surface area contributed by atoms with Crippen molar-refractivity contribution in [3.63, 3.8) is 0 Å². The van der Waals surface area contributed by atoms with Crippen LogP contribution in [0, 0.1) is 0 Å². The Hall–Kier alpha value is -0.590. The fourth-order valence-electron chi connectivity index (χ4n) is 1.12. The van der Waals surface area contributed by atoms with Gasteiger partial charge in [0, 0.05) is 5.71 Å². The number of hydrogen-bond acceptors (Lipinski definition) is 1. The van der Waals surface area contributed by atoms with E-state index in [9.17, 15) is 0 Å². The van der Waals surface area contributed by atoms with E-state index in [-0.39, 0.29) is 0 Å². The van der Waals surface area contributed by atoms with Crippen molar-refractivity contribution >= 4 is 5.71 Å². The summed E-state index contributed by atoms with van der Waals surface area (Å²) in [4.78, 5) is 4.51. The van der Waals surface area contributed by atoms with Crippen LogP contribution in [0.1, 0.15) is 48.0 Å². The topological polar surface area (TPSA) is 12.4 Å². The lowest BCUT2D eigenvalue weighted by Gasteiger charge is -2.11. The van der Waals surface area contributed by atoms with Crippen LogP contribution in [0.3, 0.4) is 0 Å². The zero-order valence-corrected chi connectivity index (χ0v) is 9.23. The lowest BCUT2D eigenvalue weighted by atomic mass is 10.0. The summed E-state index contributed by atoms with van der Waals surface area (Å²) < 4.78 is 0. The fraction of sp³-hybridized carbons (Fsp3) is 0.727. The second-order valence-electron chi connectivity index (χ2n) is 3.57. The maximum Gasteiger partial charge on any atom is 0.0679 e. The maximum absolute atomic E-state index is 4.51. The summed E-state index contributed by atoms with van der Waals surface area (Å²) in [5.74, 6) is 0. The van der Waals surface area contributed by atoms with Crippen LogP contribution in [0.5, 0.6) is 0 Å². The largest absolute Gasteiger partial charge is 0.287 e. The molecule has 1 nitrogen and oxygen atoms in total. The third-order valence-electron chi connectivity index (χ3n) is 2.28. The summed E-state index contributed by atoms with van der Waals surface area (Å²) in [5, 5.41) is 0. The summed E-state index contributed by atoms with van der Waals surface area (Å²) in [6.07, 6.45) is 1.13. The molecule has 0 spiro atoms. The van der Waals surface area contributed by atoms with Crippen LogP contribution >= 0.6 is 0 Å². The van der Waals surface area contributed by atoms with E-state index in [0.717, 1.165) is 12.1 Å². The van der Waals surface area contributed by atoms with Crippen molar-refractivity contribution in [1.29, 1.82) is 0 Å². The first-order chi connectivity index (χ1) is 5.49. The first-order valence-electron chi connectivity index (χ1n) is 4.66. The Kier molecular flexibility index (Phi) is 4.87. The molecule has 0 aromatic carbocycles. The van der Waals surface area contributed by atoms with Gasteiger partial charge in [0.15, 0.2) is 0 Å². The molecule has 0 aliphatic carbocycles. The molecule has 12 heavy (non-hydrogen) atoms. The zero-order valence-electron chi connectivity index (χ0n) is 9.23. The highest BCUT2D eigenvalue weighted by Gasteiger charge is 2.03. The second kappa shape index (κ2) is 5.13. The monoisotopic (exact) mass is 167 g/mol.